The lowest BCUT2D eigenvalue weighted by atomic mass is 10.1. The fourth-order valence-corrected chi connectivity index (χ4v) is 2.53. The molecule has 130 valence electrons. The highest BCUT2D eigenvalue weighted by Gasteiger charge is 2.16. The van der Waals surface area contributed by atoms with E-state index in [9.17, 15) is 14.4 Å². The van der Waals surface area contributed by atoms with Gasteiger partial charge in [0.25, 0.3) is 0 Å². The molecular weight excluding hydrogens is 308 g/mol. The van der Waals surface area contributed by atoms with E-state index >= 15 is 0 Å². The van der Waals surface area contributed by atoms with Crippen molar-refractivity contribution < 1.29 is 14.4 Å². The maximum atomic E-state index is 11.9. The lowest BCUT2D eigenvalue weighted by molar-refractivity contribution is -0.131. The third kappa shape index (κ3) is 6.28. The molecular formula is C17H24N4O3. The van der Waals surface area contributed by atoms with Crippen molar-refractivity contribution in [1.29, 1.82) is 0 Å². The molecule has 7 heteroatoms. The van der Waals surface area contributed by atoms with E-state index in [0.29, 0.717) is 5.69 Å². The summed E-state index contributed by atoms with van der Waals surface area (Å²) in [5.74, 6) is -0.238. The van der Waals surface area contributed by atoms with Crippen molar-refractivity contribution in [2.24, 2.45) is 0 Å². The number of hydrogen-bond acceptors (Lipinski definition) is 3. The molecule has 24 heavy (non-hydrogen) atoms. The largest absolute Gasteiger partial charge is 0.343 e. The number of amides is 4. The van der Waals surface area contributed by atoms with Gasteiger partial charge in [-0.3, -0.25) is 9.59 Å². The van der Waals surface area contributed by atoms with Gasteiger partial charge in [-0.1, -0.05) is 18.2 Å². The molecule has 7 nitrogen and oxygen atoms in total. The number of carbonyl (C=O) groups excluding carboxylic acids is 3. The van der Waals surface area contributed by atoms with Crippen LogP contribution in [0.5, 0.6) is 0 Å². The third-order valence-electron chi connectivity index (χ3n) is 3.80. The van der Waals surface area contributed by atoms with Gasteiger partial charge in [0, 0.05) is 31.7 Å². The van der Waals surface area contributed by atoms with Gasteiger partial charge >= 0.3 is 6.03 Å². The van der Waals surface area contributed by atoms with Crippen LogP contribution in [0, 0.1) is 0 Å². The van der Waals surface area contributed by atoms with Gasteiger partial charge in [-0.25, -0.2) is 4.79 Å². The maximum absolute atomic E-state index is 11.9. The molecule has 0 unspecified atom stereocenters. The first-order valence-corrected chi connectivity index (χ1v) is 8.29. The summed E-state index contributed by atoms with van der Waals surface area (Å²) in [6, 6.07) is 8.56. The monoisotopic (exact) mass is 332 g/mol. The summed E-state index contributed by atoms with van der Waals surface area (Å²) in [6.07, 6.45) is 3.56. The second-order valence-corrected chi connectivity index (χ2v) is 5.72. The summed E-state index contributed by atoms with van der Waals surface area (Å²) < 4.78 is 0. The molecule has 0 bridgehead atoms. The highest BCUT2D eigenvalue weighted by Crippen LogP contribution is 2.09. The molecule has 1 saturated heterocycles. The number of nitrogens with one attached hydrogen (secondary N) is 3. The standard InChI is InChI=1S/C17H24N4O3/c22-15(20-14-7-3-1-4-8-14)13-19-17(24)18-10-9-16(23)21-11-5-2-6-12-21/h1,3-4,7-8H,2,5-6,9-13H2,(H,20,22)(H2,18,19,24). The van der Waals surface area contributed by atoms with Crippen LogP contribution in [0.2, 0.25) is 0 Å². The predicted molar refractivity (Wildman–Crippen MR) is 91.5 cm³/mol. The zero-order chi connectivity index (χ0) is 17.2. The van der Waals surface area contributed by atoms with Crippen LogP contribution in [-0.4, -0.2) is 48.9 Å². The quantitative estimate of drug-likeness (QED) is 0.734. The van der Waals surface area contributed by atoms with Crippen molar-refractivity contribution in [2.45, 2.75) is 25.7 Å². The van der Waals surface area contributed by atoms with Gasteiger partial charge in [0.1, 0.15) is 0 Å². The Morgan fingerprint density at radius 1 is 0.958 bits per heavy atom. The Bertz CT molecular complexity index is 556. The second kappa shape index (κ2) is 9.54. The van der Waals surface area contributed by atoms with Crippen LogP contribution in [0.3, 0.4) is 0 Å². The first kappa shape index (κ1) is 17.8. The van der Waals surface area contributed by atoms with Crippen LogP contribution in [0.1, 0.15) is 25.7 Å². The molecule has 2 rings (SSSR count). The Morgan fingerprint density at radius 2 is 1.67 bits per heavy atom. The number of nitrogens with zero attached hydrogens (tertiary/aromatic N) is 1. The van der Waals surface area contributed by atoms with Crippen LogP contribution >= 0.6 is 0 Å². The molecule has 1 aliphatic heterocycles. The fourth-order valence-electron chi connectivity index (χ4n) is 2.53. The molecule has 0 spiro atoms. The van der Waals surface area contributed by atoms with Crippen molar-refractivity contribution in [1.82, 2.24) is 15.5 Å². The lowest BCUT2D eigenvalue weighted by Crippen LogP contribution is -2.42. The highest BCUT2D eigenvalue weighted by atomic mass is 16.2. The maximum Gasteiger partial charge on any atom is 0.315 e. The lowest BCUT2D eigenvalue weighted by Gasteiger charge is -2.26. The number of benzene rings is 1. The van der Waals surface area contributed by atoms with Gasteiger partial charge in [0.2, 0.25) is 11.8 Å². The summed E-state index contributed by atoms with van der Waals surface area (Å²) in [7, 11) is 0. The first-order valence-electron chi connectivity index (χ1n) is 8.29. The molecule has 0 aliphatic carbocycles. The average Bonchev–Trinajstić information content (AvgIpc) is 2.61. The van der Waals surface area contributed by atoms with Crippen LogP contribution in [0.4, 0.5) is 10.5 Å². The van der Waals surface area contributed by atoms with E-state index < -0.39 is 6.03 Å². The van der Waals surface area contributed by atoms with Gasteiger partial charge in [-0.05, 0) is 31.4 Å². The van der Waals surface area contributed by atoms with Gasteiger partial charge in [-0.15, -0.1) is 0 Å². The molecule has 1 aromatic carbocycles. The molecule has 1 aliphatic rings. The Kier molecular flexibility index (Phi) is 7.07. The Labute approximate surface area is 141 Å². The summed E-state index contributed by atoms with van der Waals surface area (Å²) in [6.45, 7) is 1.76. The average molecular weight is 332 g/mol. The summed E-state index contributed by atoms with van der Waals surface area (Å²) in [5, 5.41) is 7.74. The number of hydrogen-bond donors (Lipinski definition) is 3. The van der Waals surface area contributed by atoms with E-state index in [-0.39, 0.29) is 31.3 Å². The normalized spacial score (nSPS) is 13.9. The minimum atomic E-state index is -0.454. The van der Waals surface area contributed by atoms with E-state index in [2.05, 4.69) is 16.0 Å². The Morgan fingerprint density at radius 3 is 2.38 bits per heavy atom. The number of para-hydroxylation sites is 1. The van der Waals surface area contributed by atoms with Crippen molar-refractivity contribution >= 4 is 23.5 Å². The van der Waals surface area contributed by atoms with E-state index in [1.165, 1.54) is 6.42 Å². The van der Waals surface area contributed by atoms with Gasteiger partial charge < -0.3 is 20.9 Å². The number of carbonyl (C=O) groups is 3. The zero-order valence-corrected chi connectivity index (χ0v) is 13.7. The second-order valence-electron chi connectivity index (χ2n) is 5.72. The molecule has 1 fully saturated rings. The Hall–Kier alpha value is -2.57. The van der Waals surface area contributed by atoms with Crippen molar-refractivity contribution in [3.63, 3.8) is 0 Å². The van der Waals surface area contributed by atoms with Gasteiger partial charge in [0.15, 0.2) is 0 Å². The number of piperidine rings is 1. The molecule has 0 saturated carbocycles. The van der Waals surface area contributed by atoms with Crippen LogP contribution in [-0.2, 0) is 9.59 Å². The van der Waals surface area contributed by atoms with Crippen LogP contribution in [0.25, 0.3) is 0 Å². The third-order valence-corrected chi connectivity index (χ3v) is 3.80. The van der Waals surface area contributed by atoms with Crippen molar-refractivity contribution in [3.05, 3.63) is 30.3 Å². The number of urea groups is 1. The molecule has 0 radical (unpaired) electrons. The molecule has 3 N–H and O–H groups in total. The minimum Gasteiger partial charge on any atom is -0.343 e. The molecule has 4 amide bonds. The summed E-state index contributed by atoms with van der Waals surface area (Å²) in [4.78, 5) is 37.1. The van der Waals surface area contributed by atoms with Crippen molar-refractivity contribution in [2.75, 3.05) is 31.5 Å². The highest BCUT2D eigenvalue weighted by molar-refractivity contribution is 5.94. The smallest absolute Gasteiger partial charge is 0.315 e. The fraction of sp³-hybridized carbons (Fsp3) is 0.471. The zero-order valence-electron chi connectivity index (χ0n) is 13.7. The van der Waals surface area contributed by atoms with Crippen LogP contribution < -0.4 is 16.0 Å². The molecule has 0 atom stereocenters. The van der Waals surface area contributed by atoms with E-state index in [1.807, 2.05) is 23.1 Å². The predicted octanol–water partition coefficient (Wildman–Crippen LogP) is 1.33. The SMILES string of the molecule is O=C(CNC(=O)NCCC(=O)N1CCCCC1)Nc1ccccc1. The van der Waals surface area contributed by atoms with Gasteiger partial charge in [-0.2, -0.15) is 0 Å². The van der Waals surface area contributed by atoms with E-state index in [1.54, 1.807) is 12.1 Å². The van der Waals surface area contributed by atoms with E-state index in [4.69, 9.17) is 0 Å². The van der Waals surface area contributed by atoms with E-state index in [0.717, 1.165) is 25.9 Å². The number of likely N-dealkylation sites (tertiary alicyclic amines) is 1. The Balaban J connectivity index is 1.57. The van der Waals surface area contributed by atoms with Gasteiger partial charge in [0.05, 0.1) is 6.54 Å². The first-order chi connectivity index (χ1) is 11.6. The minimum absolute atomic E-state index is 0.0665. The molecule has 0 aromatic heterocycles. The topological polar surface area (TPSA) is 90.5 Å². The number of anilines is 1. The molecule has 1 aromatic rings. The summed E-state index contributed by atoms with van der Waals surface area (Å²) in [5.41, 5.74) is 0.678. The van der Waals surface area contributed by atoms with Crippen LogP contribution in [0.15, 0.2) is 30.3 Å². The molecule has 1 heterocycles. The van der Waals surface area contributed by atoms with Crippen molar-refractivity contribution in [3.8, 4) is 0 Å². The number of rotatable bonds is 6. The summed E-state index contributed by atoms with van der Waals surface area (Å²) >= 11 is 0.